The highest BCUT2D eigenvalue weighted by Crippen LogP contribution is 2.21. The van der Waals surface area contributed by atoms with Gasteiger partial charge >= 0.3 is 0 Å². The second-order valence-corrected chi connectivity index (χ2v) is 5.28. The van der Waals surface area contributed by atoms with Crippen LogP contribution in [0.25, 0.3) is 0 Å². The third-order valence-corrected chi connectivity index (χ3v) is 3.31. The summed E-state index contributed by atoms with van der Waals surface area (Å²) in [7, 11) is 0. The van der Waals surface area contributed by atoms with E-state index in [4.69, 9.17) is 11.6 Å². The molecule has 1 fully saturated rings. The number of halogens is 1. The van der Waals surface area contributed by atoms with Gasteiger partial charge in [-0.25, -0.2) is 0 Å². The fraction of sp³-hybridized carbons (Fsp3) is 0.917. The largest absolute Gasteiger partial charge is 0.342 e. The van der Waals surface area contributed by atoms with E-state index < -0.39 is 0 Å². The summed E-state index contributed by atoms with van der Waals surface area (Å²) in [4.78, 5) is 13.8. The lowest BCUT2D eigenvalue weighted by Crippen LogP contribution is -2.28. The fourth-order valence-electron chi connectivity index (χ4n) is 2.02. The molecule has 0 aromatic heterocycles. The average molecular weight is 232 g/mol. The lowest BCUT2D eigenvalue weighted by molar-refractivity contribution is -0.130. The number of likely N-dealkylation sites (tertiary alicyclic amines) is 1. The van der Waals surface area contributed by atoms with Gasteiger partial charge in [-0.2, -0.15) is 0 Å². The molecule has 3 heteroatoms. The SMILES string of the molecule is CC(C)CCC(=O)N1CCC(CCCl)C1. The van der Waals surface area contributed by atoms with E-state index in [0.717, 1.165) is 38.2 Å². The summed E-state index contributed by atoms with van der Waals surface area (Å²) in [5.74, 6) is 2.32. The molecule has 1 rings (SSSR count). The van der Waals surface area contributed by atoms with E-state index in [1.54, 1.807) is 0 Å². The summed E-state index contributed by atoms with van der Waals surface area (Å²) in [6.07, 6.45) is 3.91. The van der Waals surface area contributed by atoms with Gasteiger partial charge in [0.05, 0.1) is 0 Å². The molecule has 1 unspecified atom stereocenters. The first-order chi connectivity index (χ1) is 7.13. The van der Waals surface area contributed by atoms with E-state index in [0.29, 0.717) is 24.2 Å². The lowest BCUT2D eigenvalue weighted by atomic mass is 10.1. The van der Waals surface area contributed by atoms with Crippen molar-refractivity contribution in [3.05, 3.63) is 0 Å². The van der Waals surface area contributed by atoms with E-state index >= 15 is 0 Å². The standard InChI is InChI=1S/C12H22ClNO/c1-10(2)3-4-12(15)14-8-6-11(9-14)5-7-13/h10-11H,3-9H2,1-2H3. The molecule has 1 aliphatic rings. The molecule has 2 nitrogen and oxygen atoms in total. The van der Waals surface area contributed by atoms with Crippen LogP contribution >= 0.6 is 11.6 Å². The molecule has 0 radical (unpaired) electrons. The maximum absolute atomic E-state index is 11.8. The van der Waals surface area contributed by atoms with Crippen molar-refractivity contribution in [3.63, 3.8) is 0 Å². The van der Waals surface area contributed by atoms with Crippen molar-refractivity contribution in [2.45, 2.75) is 39.5 Å². The monoisotopic (exact) mass is 231 g/mol. The highest BCUT2D eigenvalue weighted by molar-refractivity contribution is 6.17. The Labute approximate surface area is 98.0 Å². The first-order valence-corrected chi connectivity index (χ1v) is 6.50. The molecule has 1 amide bonds. The topological polar surface area (TPSA) is 20.3 Å². The Morgan fingerprint density at radius 3 is 2.87 bits per heavy atom. The molecule has 0 spiro atoms. The summed E-state index contributed by atoms with van der Waals surface area (Å²) < 4.78 is 0. The Kier molecular flexibility index (Phi) is 5.44. The van der Waals surface area contributed by atoms with Crippen LogP contribution in [0.15, 0.2) is 0 Å². The second kappa shape index (κ2) is 6.37. The minimum absolute atomic E-state index is 0.334. The molecular weight excluding hydrogens is 210 g/mol. The highest BCUT2D eigenvalue weighted by Gasteiger charge is 2.25. The molecule has 15 heavy (non-hydrogen) atoms. The van der Waals surface area contributed by atoms with E-state index in [9.17, 15) is 4.79 Å². The van der Waals surface area contributed by atoms with Gasteiger partial charge in [-0.15, -0.1) is 11.6 Å². The molecule has 1 aliphatic heterocycles. The Morgan fingerprint density at radius 2 is 2.27 bits per heavy atom. The Balaban J connectivity index is 2.24. The molecule has 0 saturated carbocycles. The normalized spacial score (nSPS) is 21.3. The van der Waals surface area contributed by atoms with Crippen LogP contribution in [0.4, 0.5) is 0 Å². The van der Waals surface area contributed by atoms with Crippen LogP contribution in [-0.2, 0) is 4.79 Å². The number of hydrogen-bond donors (Lipinski definition) is 0. The number of carbonyl (C=O) groups is 1. The summed E-state index contributed by atoms with van der Waals surface area (Å²) in [6, 6.07) is 0. The number of carbonyl (C=O) groups excluding carboxylic acids is 1. The molecule has 0 bridgehead atoms. The van der Waals surface area contributed by atoms with Gasteiger partial charge in [-0.1, -0.05) is 13.8 Å². The fourth-order valence-corrected chi connectivity index (χ4v) is 2.33. The van der Waals surface area contributed by atoms with E-state index in [1.165, 1.54) is 0 Å². The van der Waals surface area contributed by atoms with Crippen LogP contribution in [0, 0.1) is 11.8 Å². The maximum Gasteiger partial charge on any atom is 0.222 e. The lowest BCUT2D eigenvalue weighted by Gasteiger charge is -2.16. The van der Waals surface area contributed by atoms with Crippen molar-refractivity contribution in [1.29, 1.82) is 0 Å². The number of amides is 1. The van der Waals surface area contributed by atoms with Gasteiger partial charge in [0.15, 0.2) is 0 Å². The quantitative estimate of drug-likeness (QED) is 0.667. The minimum Gasteiger partial charge on any atom is -0.342 e. The zero-order chi connectivity index (χ0) is 11.3. The third-order valence-electron chi connectivity index (χ3n) is 3.09. The molecule has 0 aromatic rings. The van der Waals surface area contributed by atoms with Gasteiger partial charge in [-0.05, 0) is 31.1 Å². The molecule has 0 N–H and O–H groups in total. The highest BCUT2D eigenvalue weighted by atomic mass is 35.5. The van der Waals surface area contributed by atoms with Gasteiger partial charge in [0.2, 0.25) is 5.91 Å². The van der Waals surface area contributed by atoms with Crippen LogP contribution in [0.2, 0.25) is 0 Å². The molecule has 1 atom stereocenters. The van der Waals surface area contributed by atoms with Gasteiger partial charge in [0.25, 0.3) is 0 Å². The third kappa shape index (κ3) is 4.42. The van der Waals surface area contributed by atoms with Gasteiger partial charge < -0.3 is 4.90 Å². The smallest absolute Gasteiger partial charge is 0.222 e. The van der Waals surface area contributed by atoms with E-state index in [-0.39, 0.29) is 0 Å². The van der Waals surface area contributed by atoms with Crippen LogP contribution in [-0.4, -0.2) is 29.8 Å². The Morgan fingerprint density at radius 1 is 1.53 bits per heavy atom. The van der Waals surface area contributed by atoms with Gasteiger partial charge in [0.1, 0.15) is 0 Å². The van der Waals surface area contributed by atoms with Crippen molar-refractivity contribution in [3.8, 4) is 0 Å². The van der Waals surface area contributed by atoms with Gasteiger partial charge in [-0.3, -0.25) is 4.79 Å². The number of rotatable bonds is 5. The second-order valence-electron chi connectivity index (χ2n) is 4.90. The molecule has 1 heterocycles. The zero-order valence-corrected chi connectivity index (χ0v) is 10.6. The molecule has 0 aliphatic carbocycles. The van der Waals surface area contributed by atoms with Gasteiger partial charge in [0, 0.05) is 25.4 Å². The Hall–Kier alpha value is -0.240. The van der Waals surface area contributed by atoms with E-state index in [2.05, 4.69) is 13.8 Å². The van der Waals surface area contributed by atoms with Crippen LogP contribution < -0.4 is 0 Å². The Bertz CT molecular complexity index is 206. The van der Waals surface area contributed by atoms with Crippen molar-refractivity contribution >= 4 is 17.5 Å². The first kappa shape index (κ1) is 12.8. The van der Waals surface area contributed by atoms with Crippen molar-refractivity contribution in [1.82, 2.24) is 4.90 Å². The average Bonchev–Trinajstić information content (AvgIpc) is 2.63. The number of alkyl halides is 1. The zero-order valence-electron chi connectivity index (χ0n) is 9.84. The predicted molar refractivity (Wildman–Crippen MR) is 64.1 cm³/mol. The predicted octanol–water partition coefficient (Wildman–Crippen LogP) is 2.90. The van der Waals surface area contributed by atoms with Crippen LogP contribution in [0.1, 0.15) is 39.5 Å². The molecule has 88 valence electrons. The van der Waals surface area contributed by atoms with Crippen molar-refractivity contribution < 1.29 is 4.79 Å². The summed E-state index contributed by atoms with van der Waals surface area (Å²) in [5.41, 5.74) is 0. The van der Waals surface area contributed by atoms with Crippen molar-refractivity contribution in [2.75, 3.05) is 19.0 Å². The van der Waals surface area contributed by atoms with E-state index in [1.807, 2.05) is 4.90 Å². The number of nitrogens with zero attached hydrogens (tertiary/aromatic N) is 1. The molecular formula is C12H22ClNO. The molecule has 1 saturated heterocycles. The van der Waals surface area contributed by atoms with Crippen molar-refractivity contribution in [2.24, 2.45) is 11.8 Å². The maximum atomic E-state index is 11.8. The summed E-state index contributed by atoms with van der Waals surface area (Å²) in [6.45, 7) is 6.20. The van der Waals surface area contributed by atoms with Crippen LogP contribution in [0.3, 0.4) is 0 Å². The minimum atomic E-state index is 0.334. The number of hydrogen-bond acceptors (Lipinski definition) is 1. The van der Waals surface area contributed by atoms with Crippen LogP contribution in [0.5, 0.6) is 0 Å². The summed E-state index contributed by atoms with van der Waals surface area (Å²) >= 11 is 5.71. The summed E-state index contributed by atoms with van der Waals surface area (Å²) in [5, 5.41) is 0. The molecule has 0 aromatic carbocycles. The first-order valence-electron chi connectivity index (χ1n) is 5.97.